The van der Waals surface area contributed by atoms with Crippen molar-refractivity contribution in [3.63, 3.8) is 0 Å². The van der Waals surface area contributed by atoms with E-state index >= 15 is 0 Å². The van der Waals surface area contributed by atoms with Crippen molar-refractivity contribution in [3.8, 4) is 11.8 Å². The first-order valence-corrected chi connectivity index (χ1v) is 5.88. The number of methoxy groups -OCH3 is 1. The zero-order chi connectivity index (χ0) is 12.3. The van der Waals surface area contributed by atoms with Crippen molar-refractivity contribution < 1.29 is 4.74 Å². The summed E-state index contributed by atoms with van der Waals surface area (Å²) in [5.41, 5.74) is 3.57. The molecule has 0 unspecified atom stereocenters. The van der Waals surface area contributed by atoms with Crippen LogP contribution in [0.3, 0.4) is 0 Å². The Bertz CT molecular complexity index is 571. The Labute approximate surface area is 103 Å². The molecule has 0 aliphatic carbocycles. The fraction of sp³-hybridized carbons (Fsp3) is 0.167. The van der Waals surface area contributed by atoms with Crippen LogP contribution >= 0.6 is 11.3 Å². The molecule has 0 radical (unpaired) electrons. The van der Waals surface area contributed by atoms with Crippen molar-refractivity contribution in [3.05, 3.63) is 34.2 Å². The van der Waals surface area contributed by atoms with Gasteiger partial charge in [0.25, 0.3) is 0 Å². The molecule has 1 N–H and O–H groups in total. The summed E-state index contributed by atoms with van der Waals surface area (Å²) in [6.45, 7) is 2.00. The number of aryl methyl sites for hydroxylation is 1. The van der Waals surface area contributed by atoms with E-state index in [1.165, 1.54) is 11.3 Å². The Balaban J connectivity index is 2.36. The molecule has 2 aromatic rings. The Morgan fingerprint density at radius 2 is 2.29 bits per heavy atom. The Hall–Kier alpha value is -2.06. The molecule has 1 aromatic heterocycles. The van der Waals surface area contributed by atoms with E-state index in [2.05, 4.69) is 16.4 Å². The standard InChI is InChI=1S/C12H11N3OS/c1-8-3-4-10(16-2)9(5-8)15-12-11(6-13)17-7-14-12/h3-5,7,15H,1-2H3. The van der Waals surface area contributed by atoms with E-state index in [0.717, 1.165) is 17.0 Å². The summed E-state index contributed by atoms with van der Waals surface area (Å²) < 4.78 is 5.25. The van der Waals surface area contributed by atoms with E-state index < -0.39 is 0 Å². The summed E-state index contributed by atoms with van der Waals surface area (Å²) in [4.78, 5) is 4.68. The predicted molar refractivity (Wildman–Crippen MR) is 67.8 cm³/mol. The van der Waals surface area contributed by atoms with Crippen molar-refractivity contribution in [2.75, 3.05) is 12.4 Å². The Kier molecular flexibility index (Phi) is 3.26. The third-order valence-corrected chi connectivity index (χ3v) is 3.01. The van der Waals surface area contributed by atoms with Gasteiger partial charge in [-0.25, -0.2) is 4.98 Å². The molecule has 0 saturated carbocycles. The first-order valence-electron chi connectivity index (χ1n) is 5.00. The highest BCUT2D eigenvalue weighted by Crippen LogP contribution is 2.30. The minimum absolute atomic E-state index is 0.563. The molecule has 5 heteroatoms. The first-order chi connectivity index (χ1) is 8.24. The predicted octanol–water partition coefficient (Wildman–Crippen LogP) is 3.08. The largest absolute Gasteiger partial charge is 0.495 e. The molecular formula is C12H11N3OS. The molecule has 0 bridgehead atoms. The highest BCUT2D eigenvalue weighted by Gasteiger charge is 2.09. The van der Waals surface area contributed by atoms with Crippen LogP contribution in [0.1, 0.15) is 10.4 Å². The number of hydrogen-bond donors (Lipinski definition) is 1. The molecule has 0 saturated heterocycles. The van der Waals surface area contributed by atoms with Crippen molar-refractivity contribution in [2.45, 2.75) is 6.92 Å². The van der Waals surface area contributed by atoms with Gasteiger partial charge in [0.05, 0.1) is 18.3 Å². The number of nitriles is 1. The van der Waals surface area contributed by atoms with Crippen molar-refractivity contribution in [1.82, 2.24) is 4.98 Å². The zero-order valence-electron chi connectivity index (χ0n) is 9.52. The number of thiazole rings is 1. The lowest BCUT2D eigenvalue weighted by Gasteiger charge is -2.10. The van der Waals surface area contributed by atoms with Crippen LogP contribution in [0.2, 0.25) is 0 Å². The number of ether oxygens (including phenoxy) is 1. The van der Waals surface area contributed by atoms with Crippen molar-refractivity contribution in [1.29, 1.82) is 5.26 Å². The van der Waals surface area contributed by atoms with Gasteiger partial charge in [-0.3, -0.25) is 0 Å². The molecule has 1 heterocycles. The monoisotopic (exact) mass is 245 g/mol. The molecule has 0 spiro atoms. The SMILES string of the molecule is COc1ccc(C)cc1Nc1ncsc1C#N. The second-order valence-electron chi connectivity index (χ2n) is 3.47. The van der Waals surface area contributed by atoms with E-state index in [0.29, 0.717) is 10.7 Å². The summed E-state index contributed by atoms with van der Waals surface area (Å²) >= 11 is 1.31. The number of rotatable bonds is 3. The maximum Gasteiger partial charge on any atom is 0.159 e. The quantitative estimate of drug-likeness (QED) is 0.902. The van der Waals surface area contributed by atoms with Gasteiger partial charge < -0.3 is 10.1 Å². The van der Waals surface area contributed by atoms with Crippen LogP contribution in [-0.4, -0.2) is 12.1 Å². The van der Waals surface area contributed by atoms with Gasteiger partial charge >= 0.3 is 0 Å². The van der Waals surface area contributed by atoms with E-state index in [1.54, 1.807) is 12.6 Å². The van der Waals surface area contributed by atoms with Gasteiger partial charge in [0.2, 0.25) is 0 Å². The summed E-state index contributed by atoms with van der Waals surface area (Å²) in [5, 5.41) is 12.0. The second-order valence-corrected chi connectivity index (χ2v) is 4.33. The Morgan fingerprint density at radius 1 is 1.47 bits per heavy atom. The van der Waals surface area contributed by atoms with Gasteiger partial charge in [-0.15, -0.1) is 11.3 Å². The fourth-order valence-corrected chi connectivity index (χ4v) is 1.99. The van der Waals surface area contributed by atoms with E-state index in [1.807, 2.05) is 25.1 Å². The normalized spacial score (nSPS) is 9.71. The molecule has 17 heavy (non-hydrogen) atoms. The highest BCUT2D eigenvalue weighted by atomic mass is 32.1. The fourth-order valence-electron chi connectivity index (χ4n) is 1.46. The van der Waals surface area contributed by atoms with Crippen molar-refractivity contribution >= 4 is 22.8 Å². The molecule has 0 atom stereocenters. The van der Waals surface area contributed by atoms with Gasteiger partial charge in [-0.2, -0.15) is 5.26 Å². The smallest absolute Gasteiger partial charge is 0.159 e. The van der Waals surface area contributed by atoms with Crippen LogP contribution in [-0.2, 0) is 0 Å². The number of benzene rings is 1. The second kappa shape index (κ2) is 4.85. The number of aromatic nitrogens is 1. The molecule has 0 amide bonds. The third kappa shape index (κ3) is 2.37. The van der Waals surface area contributed by atoms with Gasteiger partial charge in [0.15, 0.2) is 5.82 Å². The molecule has 2 rings (SSSR count). The topological polar surface area (TPSA) is 57.9 Å². The molecule has 1 aromatic carbocycles. The van der Waals surface area contributed by atoms with Crippen LogP contribution in [0, 0.1) is 18.3 Å². The van der Waals surface area contributed by atoms with Gasteiger partial charge in [-0.05, 0) is 24.6 Å². The van der Waals surface area contributed by atoms with E-state index in [4.69, 9.17) is 10.00 Å². The molecule has 0 aliphatic heterocycles. The number of hydrogen-bond acceptors (Lipinski definition) is 5. The number of nitrogens with one attached hydrogen (secondary N) is 1. The van der Waals surface area contributed by atoms with Crippen molar-refractivity contribution in [2.24, 2.45) is 0 Å². The summed E-state index contributed by atoms with van der Waals surface area (Å²) in [6, 6.07) is 7.91. The average molecular weight is 245 g/mol. The number of nitrogens with zero attached hydrogens (tertiary/aromatic N) is 2. The molecule has 86 valence electrons. The lowest BCUT2D eigenvalue weighted by atomic mass is 10.2. The molecule has 0 fully saturated rings. The molecule has 4 nitrogen and oxygen atoms in total. The van der Waals surface area contributed by atoms with Crippen LogP contribution in [0.4, 0.5) is 11.5 Å². The minimum Gasteiger partial charge on any atom is -0.495 e. The van der Waals surface area contributed by atoms with Gasteiger partial charge in [0.1, 0.15) is 16.7 Å². The lowest BCUT2D eigenvalue weighted by Crippen LogP contribution is -1.96. The van der Waals surface area contributed by atoms with Crippen LogP contribution in [0.15, 0.2) is 23.7 Å². The highest BCUT2D eigenvalue weighted by molar-refractivity contribution is 7.10. The summed E-state index contributed by atoms with van der Waals surface area (Å²) in [6.07, 6.45) is 0. The average Bonchev–Trinajstić information content (AvgIpc) is 2.77. The molecular weight excluding hydrogens is 234 g/mol. The van der Waals surface area contributed by atoms with Gasteiger partial charge in [0, 0.05) is 0 Å². The maximum absolute atomic E-state index is 8.92. The van der Waals surface area contributed by atoms with Crippen LogP contribution < -0.4 is 10.1 Å². The van der Waals surface area contributed by atoms with E-state index in [-0.39, 0.29) is 0 Å². The van der Waals surface area contributed by atoms with Crippen LogP contribution in [0.25, 0.3) is 0 Å². The molecule has 0 aliphatic rings. The van der Waals surface area contributed by atoms with Gasteiger partial charge in [-0.1, -0.05) is 6.07 Å². The zero-order valence-corrected chi connectivity index (χ0v) is 10.3. The Morgan fingerprint density at radius 3 is 3.00 bits per heavy atom. The maximum atomic E-state index is 8.92. The summed E-state index contributed by atoms with van der Waals surface area (Å²) in [5.74, 6) is 1.30. The third-order valence-electron chi connectivity index (χ3n) is 2.28. The summed E-state index contributed by atoms with van der Waals surface area (Å²) in [7, 11) is 1.61. The van der Waals surface area contributed by atoms with E-state index in [9.17, 15) is 0 Å². The van der Waals surface area contributed by atoms with Crippen LogP contribution in [0.5, 0.6) is 5.75 Å². The lowest BCUT2D eigenvalue weighted by molar-refractivity contribution is 0.416. The first kappa shape index (κ1) is 11.4. The minimum atomic E-state index is 0.563. The number of anilines is 2.